The van der Waals surface area contributed by atoms with E-state index in [0.717, 1.165) is 11.4 Å². The Bertz CT molecular complexity index is 362. The average Bonchev–Trinajstić information content (AvgIpc) is 2.29. The SMILES string of the molecule is C=CCSCC(=O)N(C)c1ccc(O)cc1. The number of phenolic OH excluding ortho intramolecular Hbond substituents is 1. The molecule has 1 aromatic rings. The number of benzene rings is 1. The lowest BCUT2D eigenvalue weighted by Crippen LogP contribution is -2.27. The van der Waals surface area contributed by atoms with E-state index < -0.39 is 0 Å². The Morgan fingerprint density at radius 1 is 1.50 bits per heavy atom. The fourth-order valence-electron chi connectivity index (χ4n) is 1.15. The van der Waals surface area contributed by atoms with Crippen molar-refractivity contribution in [3.05, 3.63) is 36.9 Å². The van der Waals surface area contributed by atoms with E-state index in [1.165, 1.54) is 11.8 Å². The molecule has 0 spiro atoms. The van der Waals surface area contributed by atoms with Crippen LogP contribution < -0.4 is 4.90 Å². The molecule has 1 amide bonds. The summed E-state index contributed by atoms with van der Waals surface area (Å²) in [5, 5.41) is 9.13. The zero-order valence-corrected chi connectivity index (χ0v) is 10.0. The fraction of sp³-hybridized carbons (Fsp3) is 0.250. The Morgan fingerprint density at radius 2 is 2.12 bits per heavy atom. The van der Waals surface area contributed by atoms with Gasteiger partial charge in [-0.15, -0.1) is 18.3 Å². The van der Waals surface area contributed by atoms with Gasteiger partial charge < -0.3 is 10.0 Å². The molecule has 3 nitrogen and oxygen atoms in total. The van der Waals surface area contributed by atoms with Crippen LogP contribution in [0.3, 0.4) is 0 Å². The van der Waals surface area contributed by atoms with Crippen LogP contribution in [0.25, 0.3) is 0 Å². The van der Waals surface area contributed by atoms with Gasteiger partial charge in [0.05, 0.1) is 5.75 Å². The van der Waals surface area contributed by atoms with Crippen LogP contribution in [0.4, 0.5) is 5.69 Å². The van der Waals surface area contributed by atoms with Crippen molar-refractivity contribution in [3.63, 3.8) is 0 Å². The minimum absolute atomic E-state index is 0.0394. The number of hydrogen-bond donors (Lipinski definition) is 1. The first-order chi connectivity index (χ1) is 7.65. The van der Waals surface area contributed by atoms with E-state index in [1.54, 1.807) is 42.3 Å². The van der Waals surface area contributed by atoms with Gasteiger partial charge in [0.15, 0.2) is 0 Å². The largest absolute Gasteiger partial charge is 0.508 e. The van der Waals surface area contributed by atoms with Crippen LogP contribution >= 0.6 is 11.8 Å². The monoisotopic (exact) mass is 237 g/mol. The van der Waals surface area contributed by atoms with Gasteiger partial charge in [0.2, 0.25) is 5.91 Å². The van der Waals surface area contributed by atoms with Crippen molar-refractivity contribution >= 4 is 23.4 Å². The number of rotatable bonds is 5. The van der Waals surface area contributed by atoms with Gasteiger partial charge in [-0.3, -0.25) is 4.79 Å². The van der Waals surface area contributed by atoms with Crippen molar-refractivity contribution in [2.24, 2.45) is 0 Å². The maximum Gasteiger partial charge on any atom is 0.236 e. The maximum absolute atomic E-state index is 11.7. The van der Waals surface area contributed by atoms with E-state index in [2.05, 4.69) is 6.58 Å². The molecular weight excluding hydrogens is 222 g/mol. The van der Waals surface area contributed by atoms with Crippen molar-refractivity contribution < 1.29 is 9.90 Å². The molecule has 0 atom stereocenters. The van der Waals surface area contributed by atoms with Crippen molar-refractivity contribution in [2.45, 2.75) is 0 Å². The number of hydrogen-bond acceptors (Lipinski definition) is 3. The van der Waals surface area contributed by atoms with Crippen LogP contribution in [0.15, 0.2) is 36.9 Å². The molecule has 0 fully saturated rings. The van der Waals surface area contributed by atoms with E-state index >= 15 is 0 Å². The number of carbonyl (C=O) groups excluding carboxylic acids is 1. The highest BCUT2D eigenvalue weighted by Gasteiger charge is 2.09. The van der Waals surface area contributed by atoms with Gasteiger partial charge >= 0.3 is 0 Å². The number of aromatic hydroxyl groups is 1. The van der Waals surface area contributed by atoms with Gasteiger partial charge in [0, 0.05) is 18.5 Å². The molecule has 0 aliphatic heterocycles. The van der Waals surface area contributed by atoms with Crippen LogP contribution in [0, 0.1) is 0 Å². The zero-order chi connectivity index (χ0) is 12.0. The third-order valence-electron chi connectivity index (χ3n) is 2.07. The van der Waals surface area contributed by atoms with Gasteiger partial charge in [-0.2, -0.15) is 0 Å². The third kappa shape index (κ3) is 3.62. The lowest BCUT2D eigenvalue weighted by Gasteiger charge is -2.16. The number of anilines is 1. The number of carbonyl (C=O) groups is 1. The Kier molecular flexibility index (Phi) is 4.92. The van der Waals surface area contributed by atoms with Crippen LogP contribution in [0.5, 0.6) is 5.75 Å². The normalized spacial score (nSPS) is 9.81. The smallest absolute Gasteiger partial charge is 0.236 e. The van der Waals surface area contributed by atoms with Crippen LogP contribution in [-0.2, 0) is 4.79 Å². The van der Waals surface area contributed by atoms with Gasteiger partial charge in [-0.05, 0) is 24.3 Å². The number of phenols is 1. The Labute approximate surface area is 99.8 Å². The van der Waals surface area contributed by atoms with Gasteiger partial charge in [-0.1, -0.05) is 6.08 Å². The molecule has 0 aromatic heterocycles. The summed E-state index contributed by atoms with van der Waals surface area (Å²) in [7, 11) is 1.73. The zero-order valence-electron chi connectivity index (χ0n) is 9.22. The van der Waals surface area contributed by atoms with E-state index in [-0.39, 0.29) is 11.7 Å². The second-order valence-electron chi connectivity index (χ2n) is 3.27. The molecule has 0 heterocycles. The molecular formula is C12H15NO2S. The maximum atomic E-state index is 11.7. The van der Waals surface area contributed by atoms with Gasteiger partial charge in [-0.25, -0.2) is 0 Å². The molecule has 0 aliphatic carbocycles. The molecule has 1 rings (SSSR count). The summed E-state index contributed by atoms with van der Waals surface area (Å²) in [6.07, 6.45) is 1.78. The Balaban J connectivity index is 2.56. The molecule has 0 bridgehead atoms. The lowest BCUT2D eigenvalue weighted by molar-refractivity contribution is -0.115. The Morgan fingerprint density at radius 3 is 2.69 bits per heavy atom. The summed E-state index contributed by atoms with van der Waals surface area (Å²) in [6.45, 7) is 3.60. The first-order valence-corrected chi connectivity index (χ1v) is 6.05. The lowest BCUT2D eigenvalue weighted by atomic mass is 10.3. The van der Waals surface area contributed by atoms with Gasteiger partial charge in [0.1, 0.15) is 5.75 Å². The molecule has 0 aliphatic rings. The topological polar surface area (TPSA) is 40.5 Å². The predicted octanol–water partition coefficient (Wildman–Crippen LogP) is 2.27. The quantitative estimate of drug-likeness (QED) is 0.631. The summed E-state index contributed by atoms with van der Waals surface area (Å²) >= 11 is 1.53. The second-order valence-corrected chi connectivity index (χ2v) is 4.30. The summed E-state index contributed by atoms with van der Waals surface area (Å²) in [5.41, 5.74) is 0.780. The van der Waals surface area contributed by atoms with Crippen molar-refractivity contribution in [1.82, 2.24) is 0 Å². The van der Waals surface area contributed by atoms with Crippen LogP contribution in [0.1, 0.15) is 0 Å². The molecule has 4 heteroatoms. The highest BCUT2D eigenvalue weighted by atomic mass is 32.2. The number of nitrogens with zero attached hydrogens (tertiary/aromatic N) is 1. The minimum Gasteiger partial charge on any atom is -0.508 e. The number of thioether (sulfide) groups is 1. The summed E-state index contributed by atoms with van der Waals surface area (Å²) in [5.74, 6) is 1.45. The van der Waals surface area contributed by atoms with Crippen molar-refractivity contribution in [2.75, 3.05) is 23.5 Å². The van der Waals surface area contributed by atoms with E-state index in [9.17, 15) is 4.79 Å². The Hall–Kier alpha value is -1.42. The molecule has 0 saturated carbocycles. The first-order valence-electron chi connectivity index (χ1n) is 4.89. The summed E-state index contributed by atoms with van der Waals surface area (Å²) < 4.78 is 0. The predicted molar refractivity (Wildman–Crippen MR) is 69.0 cm³/mol. The van der Waals surface area contributed by atoms with Crippen LogP contribution in [-0.4, -0.2) is 29.6 Å². The highest BCUT2D eigenvalue weighted by molar-refractivity contribution is 8.00. The summed E-state index contributed by atoms with van der Waals surface area (Å²) in [4.78, 5) is 13.3. The van der Waals surface area contributed by atoms with Crippen molar-refractivity contribution in [3.8, 4) is 5.75 Å². The molecule has 1 N–H and O–H groups in total. The standard InChI is InChI=1S/C12H15NO2S/c1-3-8-16-9-12(15)13(2)10-4-6-11(14)7-5-10/h3-7,14H,1,8-9H2,2H3. The highest BCUT2D eigenvalue weighted by Crippen LogP contribution is 2.18. The van der Waals surface area contributed by atoms with E-state index in [4.69, 9.17) is 5.11 Å². The molecule has 1 aromatic carbocycles. The molecule has 16 heavy (non-hydrogen) atoms. The average molecular weight is 237 g/mol. The van der Waals surface area contributed by atoms with Gasteiger partial charge in [0.25, 0.3) is 0 Å². The fourth-order valence-corrected chi connectivity index (χ4v) is 1.80. The number of amides is 1. The second kappa shape index (κ2) is 6.23. The summed E-state index contributed by atoms with van der Waals surface area (Å²) in [6, 6.07) is 6.56. The van der Waals surface area contributed by atoms with Crippen LogP contribution in [0.2, 0.25) is 0 Å². The first kappa shape index (κ1) is 12.6. The minimum atomic E-state index is 0.0394. The van der Waals surface area contributed by atoms with E-state index in [0.29, 0.717) is 5.75 Å². The molecule has 0 saturated heterocycles. The van der Waals surface area contributed by atoms with E-state index in [1.807, 2.05) is 0 Å². The molecule has 86 valence electrons. The molecule has 0 radical (unpaired) electrons. The van der Waals surface area contributed by atoms with Crippen molar-refractivity contribution in [1.29, 1.82) is 0 Å². The third-order valence-corrected chi connectivity index (χ3v) is 2.99. The molecule has 0 unspecified atom stereocenters.